The fraction of sp³-hybridized carbons (Fsp3) is 0.316. The number of hydrogen-bond donors (Lipinski definition) is 2. The topological polar surface area (TPSA) is 102 Å². The summed E-state index contributed by atoms with van der Waals surface area (Å²) in [6.45, 7) is 3.28. The van der Waals surface area contributed by atoms with E-state index >= 15 is 0 Å². The Morgan fingerprint density at radius 1 is 1.26 bits per heavy atom. The van der Waals surface area contributed by atoms with Gasteiger partial charge in [0, 0.05) is 13.1 Å². The van der Waals surface area contributed by atoms with Crippen LogP contribution in [-0.2, 0) is 22.5 Å². The molecule has 1 aliphatic rings. The zero-order valence-electron chi connectivity index (χ0n) is 15.2. The first-order valence-electron chi connectivity index (χ1n) is 8.51. The molecule has 0 radical (unpaired) electrons. The van der Waals surface area contributed by atoms with Crippen molar-refractivity contribution < 1.29 is 19.1 Å². The predicted octanol–water partition coefficient (Wildman–Crippen LogP) is 1.94. The van der Waals surface area contributed by atoms with Crippen molar-refractivity contribution in [1.82, 2.24) is 4.90 Å². The second kappa shape index (κ2) is 7.89. The first kappa shape index (κ1) is 19.1. The van der Waals surface area contributed by atoms with Gasteiger partial charge in [-0.25, -0.2) is 4.79 Å². The monoisotopic (exact) mass is 387 g/mol. The van der Waals surface area contributed by atoms with Gasteiger partial charge in [-0.3, -0.25) is 14.5 Å². The number of thiophene rings is 1. The molecule has 0 unspecified atom stereocenters. The van der Waals surface area contributed by atoms with Crippen LogP contribution >= 0.6 is 11.3 Å². The maximum Gasteiger partial charge on any atom is 0.341 e. The summed E-state index contributed by atoms with van der Waals surface area (Å²) in [7, 11) is 1.25. The van der Waals surface area contributed by atoms with Crippen LogP contribution < -0.4 is 11.1 Å². The van der Waals surface area contributed by atoms with Crippen LogP contribution in [0.2, 0.25) is 0 Å². The number of benzene rings is 1. The Bertz CT molecular complexity index is 906. The number of hydrogen-bond acceptors (Lipinski definition) is 6. The maximum absolute atomic E-state index is 12.5. The van der Waals surface area contributed by atoms with Gasteiger partial charge < -0.3 is 15.8 Å². The quantitative estimate of drug-likeness (QED) is 0.764. The average molecular weight is 387 g/mol. The standard InChI is InChI=1S/C19H21N3O4S/c1-11-15(19(25)26-2)18(27-16(11)17(20)24)21-14(23)10-22-8-7-12-5-3-4-6-13(12)9-22/h3-6H,7-10H2,1-2H3,(H2,20,24)(H,21,23). The van der Waals surface area contributed by atoms with Crippen molar-refractivity contribution in [2.24, 2.45) is 5.73 Å². The van der Waals surface area contributed by atoms with Crippen molar-refractivity contribution in [2.75, 3.05) is 25.5 Å². The van der Waals surface area contributed by atoms with Crippen LogP contribution in [0.1, 0.15) is 36.7 Å². The maximum atomic E-state index is 12.5. The number of anilines is 1. The van der Waals surface area contributed by atoms with Gasteiger partial charge in [-0.1, -0.05) is 24.3 Å². The Hall–Kier alpha value is -2.71. The van der Waals surface area contributed by atoms with E-state index in [0.29, 0.717) is 12.1 Å². The summed E-state index contributed by atoms with van der Waals surface area (Å²) in [5.41, 5.74) is 8.48. The number of primary amides is 1. The van der Waals surface area contributed by atoms with E-state index in [1.165, 1.54) is 18.2 Å². The van der Waals surface area contributed by atoms with Crippen LogP contribution in [0.5, 0.6) is 0 Å². The van der Waals surface area contributed by atoms with Crippen molar-refractivity contribution in [3.8, 4) is 0 Å². The lowest BCUT2D eigenvalue weighted by atomic mass is 10.00. The van der Waals surface area contributed by atoms with E-state index in [1.807, 2.05) is 17.0 Å². The lowest BCUT2D eigenvalue weighted by Crippen LogP contribution is -2.37. The summed E-state index contributed by atoms with van der Waals surface area (Å²) in [5.74, 6) is -1.51. The second-order valence-electron chi connectivity index (χ2n) is 6.39. The Balaban J connectivity index is 1.74. The Morgan fingerprint density at radius 3 is 2.63 bits per heavy atom. The van der Waals surface area contributed by atoms with Gasteiger partial charge in [-0.2, -0.15) is 0 Å². The van der Waals surface area contributed by atoms with Gasteiger partial charge in [-0.05, 0) is 30.0 Å². The number of carbonyl (C=O) groups is 3. The van der Waals surface area contributed by atoms with Gasteiger partial charge >= 0.3 is 5.97 Å². The minimum Gasteiger partial charge on any atom is -0.465 e. The summed E-state index contributed by atoms with van der Waals surface area (Å²) in [6.07, 6.45) is 0.890. The molecule has 0 spiro atoms. The molecular formula is C19H21N3O4S. The minimum atomic E-state index is -0.643. The van der Waals surface area contributed by atoms with Gasteiger partial charge in [0.05, 0.1) is 24.1 Å². The number of nitrogens with two attached hydrogens (primary N) is 1. The highest BCUT2D eigenvalue weighted by Crippen LogP contribution is 2.33. The zero-order chi connectivity index (χ0) is 19.6. The molecule has 0 bridgehead atoms. The Morgan fingerprint density at radius 2 is 1.96 bits per heavy atom. The SMILES string of the molecule is COC(=O)c1c(NC(=O)CN2CCc3ccccc3C2)sc(C(N)=O)c1C. The highest BCUT2D eigenvalue weighted by molar-refractivity contribution is 7.18. The Kier molecular flexibility index (Phi) is 5.57. The third kappa shape index (κ3) is 4.01. The van der Waals surface area contributed by atoms with E-state index < -0.39 is 11.9 Å². The van der Waals surface area contributed by atoms with E-state index in [-0.39, 0.29) is 27.9 Å². The molecule has 8 heteroatoms. The number of esters is 1. The molecule has 1 aromatic carbocycles. The second-order valence-corrected chi connectivity index (χ2v) is 7.41. The van der Waals surface area contributed by atoms with E-state index in [9.17, 15) is 14.4 Å². The zero-order valence-corrected chi connectivity index (χ0v) is 16.0. The molecule has 0 atom stereocenters. The van der Waals surface area contributed by atoms with Crippen LogP contribution in [0.15, 0.2) is 24.3 Å². The molecule has 142 valence electrons. The van der Waals surface area contributed by atoms with Crippen molar-refractivity contribution in [1.29, 1.82) is 0 Å². The number of nitrogens with one attached hydrogen (secondary N) is 1. The van der Waals surface area contributed by atoms with Crippen molar-refractivity contribution in [3.05, 3.63) is 51.4 Å². The number of methoxy groups -OCH3 is 1. The fourth-order valence-corrected chi connectivity index (χ4v) is 4.31. The first-order valence-corrected chi connectivity index (χ1v) is 9.32. The number of ether oxygens (including phenoxy) is 1. The van der Waals surface area contributed by atoms with Gasteiger partial charge in [0.2, 0.25) is 5.91 Å². The number of nitrogens with zero attached hydrogens (tertiary/aromatic N) is 1. The van der Waals surface area contributed by atoms with E-state index in [0.717, 1.165) is 24.3 Å². The molecule has 0 aliphatic carbocycles. The van der Waals surface area contributed by atoms with E-state index in [4.69, 9.17) is 10.5 Å². The molecule has 3 rings (SSSR count). The van der Waals surface area contributed by atoms with Gasteiger partial charge in [0.15, 0.2) is 0 Å². The summed E-state index contributed by atoms with van der Waals surface area (Å²) in [6, 6.07) is 8.18. The number of amides is 2. The highest BCUT2D eigenvalue weighted by atomic mass is 32.1. The van der Waals surface area contributed by atoms with E-state index in [1.54, 1.807) is 6.92 Å². The summed E-state index contributed by atoms with van der Waals surface area (Å²) in [5, 5.41) is 3.03. The van der Waals surface area contributed by atoms with Crippen molar-refractivity contribution in [2.45, 2.75) is 19.9 Å². The molecule has 3 N–H and O–H groups in total. The summed E-state index contributed by atoms with van der Waals surface area (Å²) in [4.78, 5) is 38.5. The molecule has 2 aromatic rings. The largest absolute Gasteiger partial charge is 0.465 e. The number of fused-ring (bicyclic) bond motifs is 1. The van der Waals surface area contributed by atoms with Crippen LogP contribution in [0, 0.1) is 6.92 Å². The number of carbonyl (C=O) groups excluding carboxylic acids is 3. The fourth-order valence-electron chi connectivity index (χ4n) is 3.24. The first-order chi connectivity index (χ1) is 12.9. The van der Waals surface area contributed by atoms with Gasteiger partial charge in [0.1, 0.15) is 5.00 Å². The molecule has 1 aromatic heterocycles. The van der Waals surface area contributed by atoms with E-state index in [2.05, 4.69) is 17.4 Å². The Labute approximate surface area is 161 Å². The van der Waals surface area contributed by atoms with Gasteiger partial charge in [-0.15, -0.1) is 11.3 Å². The predicted molar refractivity (Wildman–Crippen MR) is 103 cm³/mol. The van der Waals surface area contributed by atoms with Crippen LogP contribution in [0.3, 0.4) is 0 Å². The average Bonchev–Trinajstić information content (AvgIpc) is 2.97. The molecule has 0 saturated carbocycles. The number of rotatable bonds is 5. The third-order valence-electron chi connectivity index (χ3n) is 4.59. The smallest absolute Gasteiger partial charge is 0.341 e. The van der Waals surface area contributed by atoms with Gasteiger partial charge in [0.25, 0.3) is 5.91 Å². The molecule has 1 aliphatic heterocycles. The normalized spacial score (nSPS) is 13.7. The van der Waals surface area contributed by atoms with Crippen LogP contribution in [0.4, 0.5) is 5.00 Å². The minimum absolute atomic E-state index is 0.175. The van der Waals surface area contributed by atoms with Crippen LogP contribution in [-0.4, -0.2) is 42.9 Å². The van der Waals surface area contributed by atoms with Crippen molar-refractivity contribution >= 4 is 34.1 Å². The summed E-state index contributed by atoms with van der Waals surface area (Å²) < 4.78 is 4.78. The molecule has 0 fully saturated rings. The molecule has 27 heavy (non-hydrogen) atoms. The molecule has 2 heterocycles. The molecule has 7 nitrogen and oxygen atoms in total. The van der Waals surface area contributed by atoms with Crippen LogP contribution in [0.25, 0.3) is 0 Å². The van der Waals surface area contributed by atoms with Crippen molar-refractivity contribution in [3.63, 3.8) is 0 Å². The highest BCUT2D eigenvalue weighted by Gasteiger charge is 2.26. The third-order valence-corrected chi connectivity index (χ3v) is 5.81. The molecule has 0 saturated heterocycles. The summed E-state index contributed by atoms with van der Waals surface area (Å²) >= 11 is 0.991. The lowest BCUT2D eigenvalue weighted by Gasteiger charge is -2.28. The lowest BCUT2D eigenvalue weighted by molar-refractivity contribution is -0.117. The molecular weight excluding hydrogens is 366 g/mol. The molecule has 2 amide bonds.